The number of ether oxygens (including phenoxy) is 3. The van der Waals surface area contributed by atoms with Gasteiger partial charge in [0.15, 0.2) is 11.6 Å². The summed E-state index contributed by atoms with van der Waals surface area (Å²) >= 11 is 0. The predicted octanol–water partition coefficient (Wildman–Crippen LogP) is 6.22. The quantitative estimate of drug-likeness (QED) is 0.231. The van der Waals surface area contributed by atoms with Gasteiger partial charge in [-0.15, -0.1) is 13.2 Å². The molecule has 0 aliphatic carbocycles. The maximum atomic E-state index is 14.4. The van der Waals surface area contributed by atoms with E-state index in [0.717, 1.165) is 36.4 Å². The molecule has 0 unspecified atom stereocenters. The number of alkyl halides is 3. The molecular formula is C27H21F5N2O6S. The van der Waals surface area contributed by atoms with Crippen molar-refractivity contribution in [3.05, 3.63) is 94.9 Å². The summed E-state index contributed by atoms with van der Waals surface area (Å²) in [5.41, 5.74) is 0.0287. The van der Waals surface area contributed by atoms with Crippen LogP contribution in [-0.4, -0.2) is 26.0 Å². The maximum Gasteiger partial charge on any atom is 0.573 e. The summed E-state index contributed by atoms with van der Waals surface area (Å²) in [4.78, 5) is 11.9. The molecule has 0 atom stereocenters. The molecule has 0 spiro atoms. The Bertz CT molecular complexity index is 1740. The highest BCUT2D eigenvalue weighted by Crippen LogP contribution is 2.40. The van der Waals surface area contributed by atoms with E-state index in [2.05, 4.69) is 9.46 Å². The first-order chi connectivity index (χ1) is 19.3. The van der Waals surface area contributed by atoms with E-state index < -0.39 is 39.3 Å². The normalized spacial score (nSPS) is 11.7. The van der Waals surface area contributed by atoms with Crippen molar-refractivity contribution in [2.45, 2.75) is 18.2 Å². The highest BCUT2D eigenvalue weighted by Gasteiger charge is 2.31. The van der Waals surface area contributed by atoms with Crippen LogP contribution in [0.25, 0.3) is 11.1 Å². The number of aryl methyl sites for hydroxylation is 1. The second-order valence-electron chi connectivity index (χ2n) is 8.45. The molecule has 1 aromatic heterocycles. The second kappa shape index (κ2) is 11.5. The van der Waals surface area contributed by atoms with Gasteiger partial charge in [0.05, 0.1) is 11.5 Å². The van der Waals surface area contributed by atoms with Gasteiger partial charge in [0.25, 0.3) is 15.6 Å². The van der Waals surface area contributed by atoms with E-state index in [1.165, 1.54) is 42.1 Å². The number of nitrogens with one attached hydrogen (secondary N) is 1. The van der Waals surface area contributed by atoms with Gasteiger partial charge in [-0.25, -0.2) is 17.2 Å². The number of sulfonamides is 1. The molecule has 0 aliphatic rings. The first-order valence-electron chi connectivity index (χ1n) is 11.7. The molecule has 0 saturated carbocycles. The summed E-state index contributed by atoms with van der Waals surface area (Å²) in [6.07, 6.45) is -3.54. The second-order valence-corrected chi connectivity index (χ2v) is 10.1. The molecule has 1 heterocycles. The Morgan fingerprint density at radius 1 is 0.878 bits per heavy atom. The Labute approximate surface area is 230 Å². The molecule has 0 radical (unpaired) electrons. The van der Waals surface area contributed by atoms with Gasteiger partial charge in [0, 0.05) is 42.2 Å². The van der Waals surface area contributed by atoms with Crippen LogP contribution in [0.1, 0.15) is 6.92 Å². The topological polar surface area (TPSA) is 95.9 Å². The summed E-state index contributed by atoms with van der Waals surface area (Å²) in [5.74, 6) is -2.62. The zero-order valence-corrected chi connectivity index (χ0v) is 22.1. The predicted molar refractivity (Wildman–Crippen MR) is 139 cm³/mol. The summed E-state index contributed by atoms with van der Waals surface area (Å²) < 4.78 is 110. The number of hydrogen-bond acceptors (Lipinski definition) is 6. The van der Waals surface area contributed by atoms with E-state index in [1.54, 1.807) is 6.92 Å². The Hall–Kier alpha value is -4.59. The molecular weight excluding hydrogens is 575 g/mol. The van der Waals surface area contributed by atoms with Crippen LogP contribution < -0.4 is 24.5 Å². The maximum absolute atomic E-state index is 14.4. The van der Waals surface area contributed by atoms with Crippen LogP contribution in [0.5, 0.6) is 23.0 Å². The molecule has 0 aliphatic heterocycles. The smallest absolute Gasteiger partial charge is 0.493 e. The minimum absolute atomic E-state index is 0.00621. The molecule has 216 valence electrons. The van der Waals surface area contributed by atoms with E-state index >= 15 is 0 Å². The van der Waals surface area contributed by atoms with Crippen molar-refractivity contribution >= 4 is 15.7 Å². The van der Waals surface area contributed by atoms with Gasteiger partial charge in [0.2, 0.25) is 0 Å². The molecule has 0 amide bonds. The fourth-order valence-electron chi connectivity index (χ4n) is 3.69. The molecule has 0 bridgehead atoms. The fourth-order valence-corrected chi connectivity index (χ4v) is 4.74. The standard InChI is InChI=1S/C27H21F5N2O6S/c1-3-38-25-14-26(35)34(2)15-21(25)20-13-17(5-11-23(20)39-24-10-4-16(28)12-22(24)29)33-41(36,37)19-8-6-18(7-9-19)40-27(30,31)32/h4-15,33H,3H2,1-2H3. The third-order valence-electron chi connectivity index (χ3n) is 5.49. The van der Waals surface area contributed by atoms with Crippen LogP contribution in [-0.2, 0) is 17.1 Å². The van der Waals surface area contributed by atoms with Crippen LogP contribution in [0.15, 0.2) is 82.6 Å². The Balaban J connectivity index is 1.77. The van der Waals surface area contributed by atoms with Gasteiger partial charge in [-0.05, 0) is 61.5 Å². The average molecular weight is 597 g/mol. The Kier molecular flexibility index (Phi) is 8.24. The zero-order valence-electron chi connectivity index (χ0n) is 21.3. The van der Waals surface area contributed by atoms with Crippen molar-refractivity contribution in [1.82, 2.24) is 4.57 Å². The lowest BCUT2D eigenvalue weighted by atomic mass is 10.0. The number of nitrogens with zero attached hydrogens (tertiary/aromatic N) is 1. The molecule has 41 heavy (non-hydrogen) atoms. The lowest BCUT2D eigenvalue weighted by Crippen LogP contribution is -2.17. The third kappa shape index (κ3) is 7.14. The molecule has 14 heteroatoms. The van der Waals surface area contributed by atoms with Crippen LogP contribution in [0, 0.1) is 11.6 Å². The molecule has 8 nitrogen and oxygen atoms in total. The molecule has 0 saturated heterocycles. The third-order valence-corrected chi connectivity index (χ3v) is 6.89. The largest absolute Gasteiger partial charge is 0.573 e. The van der Waals surface area contributed by atoms with Crippen LogP contribution in [0.2, 0.25) is 0 Å². The minimum atomic E-state index is -4.95. The van der Waals surface area contributed by atoms with Gasteiger partial charge < -0.3 is 18.8 Å². The van der Waals surface area contributed by atoms with E-state index in [1.807, 2.05) is 0 Å². The van der Waals surface area contributed by atoms with Gasteiger partial charge in [-0.1, -0.05) is 0 Å². The number of halogens is 5. The average Bonchev–Trinajstić information content (AvgIpc) is 2.88. The molecule has 4 aromatic rings. The van der Waals surface area contributed by atoms with Crippen molar-refractivity contribution in [3.63, 3.8) is 0 Å². The van der Waals surface area contributed by atoms with Crippen molar-refractivity contribution in [2.75, 3.05) is 11.3 Å². The number of anilines is 1. The lowest BCUT2D eigenvalue weighted by molar-refractivity contribution is -0.274. The highest BCUT2D eigenvalue weighted by atomic mass is 32.2. The van der Waals surface area contributed by atoms with Gasteiger partial charge in [-0.2, -0.15) is 0 Å². The number of benzene rings is 3. The Morgan fingerprint density at radius 2 is 1.56 bits per heavy atom. The van der Waals surface area contributed by atoms with Crippen LogP contribution in [0.4, 0.5) is 27.6 Å². The summed E-state index contributed by atoms with van der Waals surface area (Å²) in [5, 5.41) is 0. The first kappa shape index (κ1) is 29.4. The van der Waals surface area contributed by atoms with Gasteiger partial charge in [0.1, 0.15) is 23.1 Å². The molecule has 1 N–H and O–H groups in total. The zero-order chi connectivity index (χ0) is 29.9. The SMILES string of the molecule is CCOc1cc(=O)n(C)cc1-c1cc(NS(=O)(=O)c2ccc(OC(F)(F)F)cc2)ccc1Oc1ccc(F)cc1F. The van der Waals surface area contributed by atoms with Gasteiger partial charge in [-0.3, -0.25) is 9.52 Å². The number of aromatic nitrogens is 1. The van der Waals surface area contributed by atoms with Crippen LogP contribution >= 0.6 is 0 Å². The summed E-state index contributed by atoms with van der Waals surface area (Å²) in [6.45, 7) is 1.85. The minimum Gasteiger partial charge on any atom is -0.493 e. The van der Waals surface area contributed by atoms with Crippen molar-refractivity contribution in [3.8, 4) is 34.1 Å². The monoisotopic (exact) mass is 596 g/mol. The van der Waals surface area contributed by atoms with E-state index in [4.69, 9.17) is 9.47 Å². The van der Waals surface area contributed by atoms with Crippen molar-refractivity contribution < 1.29 is 44.6 Å². The fraction of sp³-hybridized carbons (Fsp3) is 0.148. The highest BCUT2D eigenvalue weighted by molar-refractivity contribution is 7.92. The van der Waals surface area contributed by atoms with Crippen molar-refractivity contribution in [1.29, 1.82) is 0 Å². The molecule has 0 fully saturated rings. The van der Waals surface area contributed by atoms with E-state index in [9.17, 15) is 35.2 Å². The number of rotatable bonds is 9. The first-order valence-corrected chi connectivity index (χ1v) is 13.2. The molecule has 4 rings (SSSR count). The summed E-state index contributed by atoms with van der Waals surface area (Å²) in [6, 6.07) is 11.4. The Morgan fingerprint density at radius 3 is 2.20 bits per heavy atom. The molecule has 3 aromatic carbocycles. The summed E-state index contributed by atoms with van der Waals surface area (Å²) in [7, 11) is -2.83. The number of hydrogen-bond donors (Lipinski definition) is 1. The van der Waals surface area contributed by atoms with E-state index in [-0.39, 0.29) is 45.6 Å². The van der Waals surface area contributed by atoms with Crippen LogP contribution in [0.3, 0.4) is 0 Å². The van der Waals surface area contributed by atoms with E-state index in [0.29, 0.717) is 6.07 Å². The number of pyridine rings is 1. The lowest BCUT2D eigenvalue weighted by Gasteiger charge is -2.18. The van der Waals surface area contributed by atoms with Crippen molar-refractivity contribution in [2.24, 2.45) is 7.05 Å². The van der Waals surface area contributed by atoms with Gasteiger partial charge >= 0.3 is 6.36 Å².